The number of fused-ring (bicyclic) bond motifs is 2. The van der Waals surface area contributed by atoms with Gasteiger partial charge in [0.25, 0.3) is 5.91 Å². The molecular weight excluding hydrogens is 849 g/mol. The highest BCUT2D eigenvalue weighted by molar-refractivity contribution is 7.99. The molecule has 3 saturated heterocycles. The van der Waals surface area contributed by atoms with E-state index in [1.54, 1.807) is 22.7 Å². The van der Waals surface area contributed by atoms with Crippen LogP contribution >= 0.6 is 11.8 Å². The molecule has 0 aliphatic carbocycles. The monoisotopic (exact) mass is 900 g/mol. The van der Waals surface area contributed by atoms with Crippen LogP contribution in [0.2, 0.25) is 0 Å². The molecule has 2 unspecified atom stereocenters. The van der Waals surface area contributed by atoms with Crippen LogP contribution in [-0.2, 0) is 30.5 Å². The van der Waals surface area contributed by atoms with E-state index in [1.165, 1.54) is 6.33 Å². The van der Waals surface area contributed by atoms with Crippen LogP contribution in [0.5, 0.6) is 11.5 Å². The van der Waals surface area contributed by atoms with Gasteiger partial charge in [-0.25, -0.2) is 14.6 Å². The molecule has 6 heterocycles. The number of thioether (sulfide) groups is 1. The average molecular weight is 901 g/mol. The Morgan fingerprint density at radius 3 is 2.46 bits per heavy atom. The molecule has 5 aromatic rings. The molecule has 338 valence electrons. The number of carbonyl (C=O) groups excluding carboxylic acids is 5. The van der Waals surface area contributed by atoms with Crippen molar-refractivity contribution in [3.8, 4) is 22.8 Å². The number of nitrogens with one attached hydrogen (secondary N) is 1. The second kappa shape index (κ2) is 19.8. The number of benzene rings is 3. The van der Waals surface area contributed by atoms with E-state index >= 15 is 0 Å². The fourth-order valence-electron chi connectivity index (χ4n) is 9.13. The predicted molar refractivity (Wildman–Crippen MR) is 243 cm³/mol. The molecule has 3 aromatic carbocycles. The lowest BCUT2D eigenvalue weighted by Crippen LogP contribution is -2.52. The molecular formula is C47H52N10O7S. The molecule has 0 spiro atoms. The van der Waals surface area contributed by atoms with E-state index in [0.717, 1.165) is 60.7 Å². The maximum atomic E-state index is 13.6. The second-order valence-corrected chi connectivity index (χ2v) is 17.9. The molecule has 0 radical (unpaired) electrons. The van der Waals surface area contributed by atoms with Gasteiger partial charge in [0.15, 0.2) is 5.65 Å². The molecule has 5 amide bonds. The fraction of sp³-hybridized carbons (Fsp3) is 0.404. The Bertz CT molecular complexity index is 2570. The Morgan fingerprint density at radius 2 is 1.66 bits per heavy atom. The largest absolute Gasteiger partial charge is 0.457 e. The van der Waals surface area contributed by atoms with Crippen molar-refractivity contribution in [2.24, 2.45) is 0 Å². The van der Waals surface area contributed by atoms with Crippen molar-refractivity contribution < 1.29 is 33.4 Å². The summed E-state index contributed by atoms with van der Waals surface area (Å²) in [6.45, 7) is 5.35. The van der Waals surface area contributed by atoms with Crippen LogP contribution < -0.4 is 15.8 Å². The number of para-hydroxylation sites is 1. The number of ether oxygens (including phenoxy) is 2. The number of aromatic nitrogens is 4. The molecule has 9 rings (SSSR count). The van der Waals surface area contributed by atoms with Crippen molar-refractivity contribution in [1.82, 2.24) is 44.7 Å². The van der Waals surface area contributed by atoms with Gasteiger partial charge in [-0.05, 0) is 86.3 Å². The summed E-state index contributed by atoms with van der Waals surface area (Å²) in [6.07, 6.45) is 4.86. The second-order valence-electron chi connectivity index (χ2n) is 16.7. The minimum absolute atomic E-state index is 0.00570. The quantitative estimate of drug-likeness (QED) is 0.0846. The molecule has 3 N–H and O–H groups in total. The van der Waals surface area contributed by atoms with Crippen LogP contribution in [0.15, 0.2) is 84.0 Å². The summed E-state index contributed by atoms with van der Waals surface area (Å²) in [7, 11) is 0. The van der Waals surface area contributed by atoms with Gasteiger partial charge in [0.2, 0.25) is 23.6 Å². The number of piperazine rings is 1. The van der Waals surface area contributed by atoms with Crippen LogP contribution in [-0.4, -0.2) is 140 Å². The van der Waals surface area contributed by atoms with Crippen LogP contribution in [0.25, 0.3) is 22.3 Å². The SMILES string of the molecule is Nc1ncnc2c1c(-c1ccc(Oc3ccccc3)cc1)nn2C1CCCN(C(=O)CCCN2CCN(C(=O)COCCSc3cccc4c3CN(C3CCC(=O)NC3=O)C4=O)CC2)C1. The number of amides is 5. The Morgan fingerprint density at radius 1 is 0.862 bits per heavy atom. The number of carbonyl (C=O) groups is 5. The van der Waals surface area contributed by atoms with Crippen molar-refractivity contribution in [3.63, 3.8) is 0 Å². The first kappa shape index (κ1) is 43.9. The molecule has 4 aliphatic rings. The van der Waals surface area contributed by atoms with Gasteiger partial charge in [-0.15, -0.1) is 11.8 Å². The maximum Gasteiger partial charge on any atom is 0.255 e. The number of likely N-dealkylation sites (tertiary alicyclic amines) is 1. The van der Waals surface area contributed by atoms with Gasteiger partial charge in [-0.1, -0.05) is 24.3 Å². The van der Waals surface area contributed by atoms with E-state index in [1.807, 2.05) is 81.2 Å². The van der Waals surface area contributed by atoms with Crippen LogP contribution in [0.4, 0.5) is 5.82 Å². The summed E-state index contributed by atoms with van der Waals surface area (Å²) in [5, 5.41) is 8.07. The average Bonchev–Trinajstić information content (AvgIpc) is 3.89. The highest BCUT2D eigenvalue weighted by Gasteiger charge is 2.40. The van der Waals surface area contributed by atoms with Crippen molar-refractivity contribution in [2.45, 2.75) is 62.0 Å². The minimum Gasteiger partial charge on any atom is -0.457 e. The number of rotatable bonds is 15. The van der Waals surface area contributed by atoms with E-state index in [9.17, 15) is 24.0 Å². The van der Waals surface area contributed by atoms with E-state index in [2.05, 4.69) is 20.2 Å². The fourth-order valence-corrected chi connectivity index (χ4v) is 10.1. The number of hydrogen-bond donors (Lipinski definition) is 2. The summed E-state index contributed by atoms with van der Waals surface area (Å²) in [6, 6.07) is 22.1. The first-order chi connectivity index (χ1) is 31.7. The van der Waals surface area contributed by atoms with Gasteiger partial charge in [0.05, 0.1) is 18.0 Å². The number of piperidine rings is 2. The van der Waals surface area contributed by atoms with Crippen LogP contribution in [0.1, 0.15) is 60.5 Å². The molecule has 2 atom stereocenters. The standard InChI is InChI=1S/C47H52N10O7S/c48-44-42-43(31-13-15-34(16-14-31)64-33-8-2-1-3-9-33)52-57(45(42)50-30-49-44)32-7-5-20-55(27-32)40(59)12-6-19-53-21-23-54(24-22-53)41(60)29-63-25-26-65-38-11-4-10-35-36(38)28-56(47(35)62)37-17-18-39(58)51-46(37)61/h1-4,8-11,13-16,30,32,37H,5-7,12,17-29H2,(H2,48,49,50)(H,51,58,61). The minimum atomic E-state index is -0.660. The first-order valence-corrected chi connectivity index (χ1v) is 23.3. The van der Waals surface area contributed by atoms with Gasteiger partial charge in [0, 0.05) is 80.4 Å². The van der Waals surface area contributed by atoms with Crippen molar-refractivity contribution >= 4 is 58.1 Å². The van der Waals surface area contributed by atoms with Crippen molar-refractivity contribution in [3.05, 3.63) is 90.3 Å². The lowest BCUT2D eigenvalue weighted by molar-refractivity contribution is -0.138. The van der Waals surface area contributed by atoms with Gasteiger partial charge >= 0.3 is 0 Å². The number of hydrogen-bond acceptors (Lipinski definition) is 13. The van der Waals surface area contributed by atoms with Crippen molar-refractivity contribution in [2.75, 3.05) is 70.5 Å². The van der Waals surface area contributed by atoms with Gasteiger partial charge in [-0.3, -0.25) is 34.2 Å². The van der Waals surface area contributed by atoms with Crippen molar-refractivity contribution in [1.29, 1.82) is 0 Å². The molecule has 65 heavy (non-hydrogen) atoms. The topological polar surface area (TPSA) is 198 Å². The normalized spacial score (nSPS) is 19.1. The molecule has 17 nitrogen and oxygen atoms in total. The zero-order valence-electron chi connectivity index (χ0n) is 36.1. The zero-order valence-corrected chi connectivity index (χ0v) is 36.9. The number of imide groups is 1. The molecule has 18 heteroatoms. The highest BCUT2D eigenvalue weighted by atomic mass is 32.2. The van der Waals surface area contributed by atoms with E-state index < -0.39 is 11.9 Å². The lowest BCUT2D eigenvalue weighted by Gasteiger charge is -2.35. The summed E-state index contributed by atoms with van der Waals surface area (Å²) in [5.74, 6) is 1.53. The molecule has 4 aliphatic heterocycles. The van der Waals surface area contributed by atoms with E-state index in [4.69, 9.17) is 20.3 Å². The summed E-state index contributed by atoms with van der Waals surface area (Å²) >= 11 is 1.55. The molecule has 3 fully saturated rings. The predicted octanol–water partition coefficient (Wildman–Crippen LogP) is 4.53. The molecule has 0 bridgehead atoms. The summed E-state index contributed by atoms with van der Waals surface area (Å²) in [4.78, 5) is 81.2. The Kier molecular flexibility index (Phi) is 13.4. The molecule has 2 aromatic heterocycles. The summed E-state index contributed by atoms with van der Waals surface area (Å²) < 4.78 is 13.7. The van der Waals surface area contributed by atoms with Crippen LogP contribution in [0.3, 0.4) is 0 Å². The zero-order chi connectivity index (χ0) is 44.9. The third-order valence-corrected chi connectivity index (χ3v) is 13.6. The van der Waals surface area contributed by atoms with Gasteiger partial charge < -0.3 is 29.9 Å². The molecule has 0 saturated carbocycles. The van der Waals surface area contributed by atoms with E-state index in [-0.39, 0.29) is 42.7 Å². The third-order valence-electron chi connectivity index (χ3n) is 12.6. The smallest absolute Gasteiger partial charge is 0.255 e. The lowest BCUT2D eigenvalue weighted by atomic mass is 10.0. The van der Waals surface area contributed by atoms with Gasteiger partial charge in [-0.2, -0.15) is 5.10 Å². The Labute approximate surface area is 380 Å². The Hall–Kier alpha value is -6.37. The Balaban J connectivity index is 0.696. The number of nitrogens with two attached hydrogens (primary N) is 1. The number of nitrogens with zero attached hydrogens (tertiary/aromatic N) is 8. The summed E-state index contributed by atoms with van der Waals surface area (Å²) in [5.41, 5.74) is 10.1. The van der Waals surface area contributed by atoms with E-state index in [0.29, 0.717) is 91.8 Å². The highest BCUT2D eigenvalue weighted by Crippen LogP contribution is 2.36. The van der Waals surface area contributed by atoms with Gasteiger partial charge in [0.1, 0.15) is 42.0 Å². The van der Waals surface area contributed by atoms with Crippen LogP contribution in [0, 0.1) is 0 Å². The number of nitrogen functional groups attached to an aromatic ring is 1. The first-order valence-electron chi connectivity index (χ1n) is 22.3. The maximum absolute atomic E-state index is 13.6. The third kappa shape index (κ3) is 9.84. The number of anilines is 1.